The highest BCUT2D eigenvalue weighted by Crippen LogP contribution is 2.26. The second-order valence-electron chi connectivity index (χ2n) is 4.74. The molecule has 0 amide bonds. The topological polar surface area (TPSA) is 84.6 Å². The molecule has 2 rings (SSSR count). The number of rotatable bonds is 4. The molecule has 0 aliphatic carbocycles. The Kier molecular flexibility index (Phi) is 4.40. The standard InChI is InChI=1S/C15H18N2O4/c1-9-12(13(18)14(19)15(20)21-3)10(2)17(16-9)11-7-5-4-6-8-11/h4-8,13-14,18-19H,1-3H3. The highest BCUT2D eigenvalue weighted by molar-refractivity contribution is 5.75. The molecule has 6 nitrogen and oxygen atoms in total. The van der Waals surface area contributed by atoms with Gasteiger partial charge in [0, 0.05) is 11.3 Å². The number of aromatic nitrogens is 2. The second-order valence-corrected chi connectivity index (χ2v) is 4.74. The van der Waals surface area contributed by atoms with Crippen molar-refractivity contribution in [1.82, 2.24) is 9.78 Å². The van der Waals surface area contributed by atoms with Crippen LogP contribution in [0.3, 0.4) is 0 Å². The molecule has 0 saturated carbocycles. The van der Waals surface area contributed by atoms with Crippen LogP contribution < -0.4 is 0 Å². The van der Waals surface area contributed by atoms with E-state index in [1.54, 1.807) is 18.5 Å². The summed E-state index contributed by atoms with van der Waals surface area (Å²) in [4.78, 5) is 11.4. The third-order valence-electron chi connectivity index (χ3n) is 3.39. The Labute approximate surface area is 122 Å². The number of para-hydroxylation sites is 1. The number of ether oxygens (including phenoxy) is 1. The number of aliphatic hydroxyl groups is 2. The van der Waals surface area contributed by atoms with Crippen molar-refractivity contribution in [2.75, 3.05) is 7.11 Å². The molecule has 0 aliphatic rings. The van der Waals surface area contributed by atoms with Gasteiger partial charge in [0.2, 0.25) is 0 Å². The van der Waals surface area contributed by atoms with Gasteiger partial charge in [-0.3, -0.25) is 0 Å². The summed E-state index contributed by atoms with van der Waals surface area (Å²) in [5.41, 5.74) is 2.47. The first-order valence-corrected chi connectivity index (χ1v) is 6.53. The first-order chi connectivity index (χ1) is 9.97. The van der Waals surface area contributed by atoms with E-state index in [0.29, 0.717) is 17.0 Å². The molecule has 21 heavy (non-hydrogen) atoms. The number of methoxy groups -OCH3 is 1. The number of aliphatic hydroxyl groups excluding tert-OH is 2. The van der Waals surface area contributed by atoms with Gasteiger partial charge in [0.05, 0.1) is 18.5 Å². The van der Waals surface area contributed by atoms with Crippen molar-refractivity contribution in [3.05, 3.63) is 47.3 Å². The maximum atomic E-state index is 11.4. The number of benzene rings is 1. The third-order valence-corrected chi connectivity index (χ3v) is 3.39. The number of carbonyl (C=O) groups is 1. The summed E-state index contributed by atoms with van der Waals surface area (Å²) < 4.78 is 6.11. The normalized spacial score (nSPS) is 13.8. The van der Waals surface area contributed by atoms with Gasteiger partial charge in [0.1, 0.15) is 6.10 Å². The van der Waals surface area contributed by atoms with Gasteiger partial charge in [-0.15, -0.1) is 0 Å². The van der Waals surface area contributed by atoms with Crippen LogP contribution >= 0.6 is 0 Å². The van der Waals surface area contributed by atoms with Crippen LogP contribution in [0.1, 0.15) is 23.1 Å². The average molecular weight is 290 g/mol. The number of hydrogen-bond donors (Lipinski definition) is 2. The first kappa shape index (κ1) is 15.2. The van der Waals surface area contributed by atoms with E-state index in [9.17, 15) is 15.0 Å². The minimum absolute atomic E-state index is 0.428. The predicted molar refractivity (Wildman–Crippen MR) is 76.0 cm³/mol. The van der Waals surface area contributed by atoms with Crippen molar-refractivity contribution in [2.24, 2.45) is 0 Å². The van der Waals surface area contributed by atoms with Crippen molar-refractivity contribution >= 4 is 5.97 Å². The SMILES string of the molecule is COC(=O)C(O)C(O)c1c(C)nn(-c2ccccc2)c1C. The molecule has 0 aliphatic heterocycles. The van der Waals surface area contributed by atoms with E-state index < -0.39 is 18.2 Å². The summed E-state index contributed by atoms with van der Waals surface area (Å²) in [5.74, 6) is -0.881. The number of carbonyl (C=O) groups excluding carboxylic acids is 1. The van der Waals surface area contributed by atoms with Gasteiger partial charge in [0.25, 0.3) is 0 Å². The first-order valence-electron chi connectivity index (χ1n) is 6.53. The monoisotopic (exact) mass is 290 g/mol. The Morgan fingerprint density at radius 3 is 2.43 bits per heavy atom. The molecule has 1 heterocycles. The Bertz CT molecular complexity index is 637. The smallest absolute Gasteiger partial charge is 0.337 e. The van der Waals surface area contributed by atoms with Gasteiger partial charge >= 0.3 is 5.97 Å². The van der Waals surface area contributed by atoms with Gasteiger partial charge in [-0.25, -0.2) is 9.48 Å². The minimum atomic E-state index is -1.64. The van der Waals surface area contributed by atoms with Crippen LogP contribution in [0, 0.1) is 13.8 Å². The quantitative estimate of drug-likeness (QED) is 0.822. The van der Waals surface area contributed by atoms with Crippen LogP contribution in [0.4, 0.5) is 0 Å². The zero-order valence-electron chi connectivity index (χ0n) is 12.1. The molecule has 0 fully saturated rings. The molecular weight excluding hydrogens is 272 g/mol. The fourth-order valence-corrected chi connectivity index (χ4v) is 2.31. The predicted octanol–water partition coefficient (Wildman–Crippen LogP) is 1.06. The van der Waals surface area contributed by atoms with Gasteiger partial charge in [-0.2, -0.15) is 5.10 Å². The summed E-state index contributed by atoms with van der Waals surface area (Å²) in [6, 6.07) is 9.42. The van der Waals surface area contributed by atoms with E-state index in [-0.39, 0.29) is 0 Å². The molecule has 6 heteroatoms. The van der Waals surface area contributed by atoms with Crippen LogP contribution in [0.15, 0.2) is 30.3 Å². The molecular formula is C15H18N2O4. The zero-order valence-corrected chi connectivity index (χ0v) is 12.1. The molecule has 1 aromatic heterocycles. The molecule has 2 unspecified atom stereocenters. The number of esters is 1. The summed E-state index contributed by atoms with van der Waals surface area (Å²) in [5, 5.41) is 24.4. The van der Waals surface area contributed by atoms with E-state index >= 15 is 0 Å². The molecule has 0 bridgehead atoms. The molecule has 0 radical (unpaired) electrons. The van der Waals surface area contributed by atoms with Crippen LogP contribution in [0.2, 0.25) is 0 Å². The Morgan fingerprint density at radius 1 is 1.24 bits per heavy atom. The Morgan fingerprint density at radius 2 is 1.86 bits per heavy atom. The van der Waals surface area contributed by atoms with Crippen LogP contribution in [0.5, 0.6) is 0 Å². The van der Waals surface area contributed by atoms with Crippen molar-refractivity contribution < 1.29 is 19.7 Å². The minimum Gasteiger partial charge on any atom is -0.467 e. The van der Waals surface area contributed by atoms with Crippen LogP contribution in [0.25, 0.3) is 5.69 Å². The molecule has 112 valence electrons. The molecule has 0 saturated heterocycles. The van der Waals surface area contributed by atoms with Crippen LogP contribution in [-0.2, 0) is 9.53 Å². The summed E-state index contributed by atoms with van der Waals surface area (Å²) in [6.07, 6.45) is -3.02. The van der Waals surface area contributed by atoms with Crippen molar-refractivity contribution in [3.63, 3.8) is 0 Å². The van der Waals surface area contributed by atoms with Crippen molar-refractivity contribution in [1.29, 1.82) is 0 Å². The van der Waals surface area contributed by atoms with Gasteiger partial charge in [0.15, 0.2) is 6.10 Å². The fourth-order valence-electron chi connectivity index (χ4n) is 2.31. The summed E-state index contributed by atoms with van der Waals surface area (Å²) in [7, 11) is 1.16. The lowest BCUT2D eigenvalue weighted by molar-refractivity contribution is -0.156. The zero-order chi connectivity index (χ0) is 15.6. The van der Waals surface area contributed by atoms with Gasteiger partial charge in [-0.05, 0) is 26.0 Å². The van der Waals surface area contributed by atoms with Crippen molar-refractivity contribution in [3.8, 4) is 5.69 Å². The van der Waals surface area contributed by atoms with Gasteiger partial charge < -0.3 is 14.9 Å². The molecule has 0 spiro atoms. The van der Waals surface area contributed by atoms with E-state index in [2.05, 4.69) is 9.84 Å². The maximum absolute atomic E-state index is 11.4. The number of nitrogens with zero attached hydrogens (tertiary/aromatic N) is 2. The molecule has 2 N–H and O–H groups in total. The van der Waals surface area contributed by atoms with E-state index in [1.807, 2.05) is 30.3 Å². The molecule has 2 aromatic rings. The lowest BCUT2D eigenvalue weighted by atomic mass is 10.0. The number of aryl methyl sites for hydroxylation is 1. The Hall–Kier alpha value is -2.18. The average Bonchev–Trinajstić information content (AvgIpc) is 2.80. The lowest BCUT2D eigenvalue weighted by Gasteiger charge is -2.16. The van der Waals surface area contributed by atoms with Crippen molar-refractivity contribution in [2.45, 2.75) is 26.1 Å². The lowest BCUT2D eigenvalue weighted by Crippen LogP contribution is -2.29. The second kappa shape index (κ2) is 6.07. The highest BCUT2D eigenvalue weighted by Gasteiger charge is 2.31. The summed E-state index contributed by atoms with van der Waals surface area (Å²) >= 11 is 0. The van der Waals surface area contributed by atoms with Crippen LogP contribution in [-0.4, -0.2) is 39.2 Å². The molecule has 2 atom stereocenters. The molecule has 1 aromatic carbocycles. The van der Waals surface area contributed by atoms with E-state index in [0.717, 1.165) is 12.8 Å². The van der Waals surface area contributed by atoms with E-state index in [1.165, 1.54) is 0 Å². The maximum Gasteiger partial charge on any atom is 0.337 e. The third kappa shape index (κ3) is 2.81. The van der Waals surface area contributed by atoms with E-state index in [4.69, 9.17) is 0 Å². The van der Waals surface area contributed by atoms with Gasteiger partial charge in [-0.1, -0.05) is 18.2 Å². The number of hydrogen-bond acceptors (Lipinski definition) is 5. The Balaban J connectivity index is 2.43. The summed E-state index contributed by atoms with van der Waals surface area (Å²) in [6.45, 7) is 3.49. The largest absolute Gasteiger partial charge is 0.467 e. The fraction of sp³-hybridized carbons (Fsp3) is 0.333. The highest BCUT2D eigenvalue weighted by atomic mass is 16.5.